The van der Waals surface area contributed by atoms with Crippen molar-refractivity contribution in [1.29, 1.82) is 0 Å². The Morgan fingerprint density at radius 3 is 2.46 bits per heavy atom. The highest BCUT2D eigenvalue weighted by Crippen LogP contribution is 2.25. The van der Waals surface area contributed by atoms with E-state index in [1.165, 1.54) is 13.0 Å². The highest BCUT2D eigenvalue weighted by atomic mass is 16.2. The number of anilines is 4. The number of carbonyl (C=O) groups is 3. The first kappa shape index (κ1) is 23.2. The molecule has 0 spiro atoms. The van der Waals surface area contributed by atoms with E-state index in [4.69, 9.17) is 0 Å². The summed E-state index contributed by atoms with van der Waals surface area (Å²) in [5.74, 6) is -1.56. The Morgan fingerprint density at radius 1 is 0.857 bits per heavy atom. The standard InChI is InChI=1S/C26H22N6O3/c1-16-9-10-19(30-25(35)24(34)20-7-3-4-8-22(20)29-17(2)33)14-23(16)32-26-28-13-11-21(31-26)18-6-5-12-27-15-18/h3-15H,1-2H3,(H,29,33)(H,30,35)(H,28,31,32). The van der Waals surface area contributed by atoms with Crippen LogP contribution in [0.2, 0.25) is 0 Å². The average Bonchev–Trinajstić information content (AvgIpc) is 2.86. The van der Waals surface area contributed by atoms with Gasteiger partial charge in [-0.15, -0.1) is 0 Å². The summed E-state index contributed by atoms with van der Waals surface area (Å²) in [5, 5.41) is 8.35. The number of rotatable bonds is 7. The number of aromatic nitrogens is 3. The van der Waals surface area contributed by atoms with Crippen LogP contribution in [-0.2, 0) is 9.59 Å². The number of para-hydroxylation sites is 1. The number of carbonyl (C=O) groups excluding carboxylic acids is 3. The molecule has 0 aliphatic rings. The van der Waals surface area contributed by atoms with Gasteiger partial charge in [-0.2, -0.15) is 0 Å². The van der Waals surface area contributed by atoms with Crippen molar-refractivity contribution in [3.8, 4) is 11.3 Å². The number of benzene rings is 2. The summed E-state index contributed by atoms with van der Waals surface area (Å²) in [4.78, 5) is 49.8. The summed E-state index contributed by atoms with van der Waals surface area (Å²) in [6.07, 6.45) is 5.05. The molecule has 0 bridgehead atoms. The number of nitrogens with one attached hydrogen (secondary N) is 3. The minimum absolute atomic E-state index is 0.103. The van der Waals surface area contributed by atoms with Crippen molar-refractivity contribution >= 4 is 40.6 Å². The largest absolute Gasteiger partial charge is 0.326 e. The van der Waals surface area contributed by atoms with Gasteiger partial charge in [0.05, 0.1) is 16.9 Å². The molecule has 35 heavy (non-hydrogen) atoms. The number of hydrogen-bond donors (Lipinski definition) is 3. The molecule has 2 heterocycles. The van der Waals surface area contributed by atoms with E-state index in [0.29, 0.717) is 23.0 Å². The second-order valence-electron chi connectivity index (χ2n) is 7.67. The first-order chi connectivity index (χ1) is 16.9. The summed E-state index contributed by atoms with van der Waals surface area (Å²) in [7, 11) is 0. The van der Waals surface area contributed by atoms with Gasteiger partial charge < -0.3 is 16.0 Å². The summed E-state index contributed by atoms with van der Waals surface area (Å²) < 4.78 is 0. The smallest absolute Gasteiger partial charge is 0.296 e. The first-order valence-corrected chi connectivity index (χ1v) is 10.7. The van der Waals surface area contributed by atoms with Gasteiger partial charge in [0.25, 0.3) is 11.7 Å². The van der Waals surface area contributed by atoms with Gasteiger partial charge in [-0.3, -0.25) is 19.4 Å². The molecule has 9 heteroatoms. The van der Waals surface area contributed by atoms with Gasteiger partial charge in [0, 0.05) is 42.5 Å². The predicted octanol–water partition coefficient (Wildman–Crippen LogP) is 4.37. The Balaban J connectivity index is 1.52. The van der Waals surface area contributed by atoms with Gasteiger partial charge in [-0.05, 0) is 55.0 Å². The number of nitrogens with zero attached hydrogens (tertiary/aromatic N) is 3. The van der Waals surface area contributed by atoms with Gasteiger partial charge in [0.2, 0.25) is 11.9 Å². The molecule has 0 atom stereocenters. The molecule has 0 aliphatic carbocycles. The quantitative estimate of drug-likeness (QED) is 0.273. The van der Waals surface area contributed by atoms with Gasteiger partial charge >= 0.3 is 0 Å². The van der Waals surface area contributed by atoms with Crippen molar-refractivity contribution in [2.75, 3.05) is 16.0 Å². The Morgan fingerprint density at radius 2 is 1.69 bits per heavy atom. The Kier molecular flexibility index (Phi) is 6.87. The molecule has 0 saturated carbocycles. The fourth-order valence-electron chi connectivity index (χ4n) is 3.34. The number of Topliss-reactive ketones (excluding diaryl/α,β-unsaturated/α-hetero) is 1. The van der Waals surface area contributed by atoms with E-state index in [2.05, 4.69) is 30.9 Å². The number of ketones is 1. The maximum atomic E-state index is 12.8. The number of aryl methyl sites for hydroxylation is 1. The van der Waals surface area contributed by atoms with Crippen molar-refractivity contribution in [1.82, 2.24) is 15.0 Å². The summed E-state index contributed by atoms with van der Waals surface area (Å²) >= 11 is 0. The molecule has 3 N–H and O–H groups in total. The van der Waals surface area contributed by atoms with Gasteiger partial charge in [-0.1, -0.05) is 18.2 Å². The minimum Gasteiger partial charge on any atom is -0.326 e. The molecule has 2 amide bonds. The first-order valence-electron chi connectivity index (χ1n) is 10.7. The Labute approximate surface area is 201 Å². The molecular weight excluding hydrogens is 444 g/mol. The van der Waals surface area contributed by atoms with Crippen LogP contribution in [0.3, 0.4) is 0 Å². The lowest BCUT2D eigenvalue weighted by atomic mass is 10.1. The van der Waals surface area contributed by atoms with E-state index in [1.807, 2.05) is 19.1 Å². The third kappa shape index (κ3) is 5.72. The zero-order chi connectivity index (χ0) is 24.8. The Bertz CT molecular complexity index is 1410. The number of hydrogen-bond acceptors (Lipinski definition) is 7. The molecule has 174 valence electrons. The van der Waals surface area contributed by atoms with Crippen molar-refractivity contribution < 1.29 is 14.4 Å². The molecule has 2 aromatic carbocycles. The molecule has 0 aliphatic heterocycles. The molecule has 4 aromatic rings. The second kappa shape index (κ2) is 10.3. The zero-order valence-corrected chi connectivity index (χ0v) is 19.1. The van der Waals surface area contributed by atoms with E-state index < -0.39 is 11.7 Å². The summed E-state index contributed by atoms with van der Waals surface area (Å²) in [5.41, 5.74) is 3.91. The Hall–Kier alpha value is -4.92. The van der Waals surface area contributed by atoms with Crippen molar-refractivity contribution in [2.45, 2.75) is 13.8 Å². The van der Waals surface area contributed by atoms with Crippen LogP contribution in [0.5, 0.6) is 0 Å². The molecule has 0 fully saturated rings. The molecule has 0 saturated heterocycles. The topological polar surface area (TPSA) is 126 Å². The van der Waals surface area contributed by atoms with Crippen LogP contribution in [0.25, 0.3) is 11.3 Å². The van der Waals surface area contributed by atoms with E-state index in [0.717, 1.165) is 11.1 Å². The van der Waals surface area contributed by atoms with Crippen LogP contribution in [0.1, 0.15) is 22.8 Å². The van der Waals surface area contributed by atoms with E-state index in [-0.39, 0.29) is 17.2 Å². The van der Waals surface area contributed by atoms with Crippen LogP contribution < -0.4 is 16.0 Å². The summed E-state index contributed by atoms with van der Waals surface area (Å²) in [6.45, 7) is 3.23. The molecule has 0 unspecified atom stereocenters. The van der Waals surface area contributed by atoms with E-state index >= 15 is 0 Å². The van der Waals surface area contributed by atoms with E-state index in [1.54, 1.807) is 61.1 Å². The summed E-state index contributed by atoms with van der Waals surface area (Å²) in [6, 6.07) is 17.1. The maximum Gasteiger partial charge on any atom is 0.296 e. The fraction of sp³-hybridized carbons (Fsp3) is 0.0769. The van der Waals surface area contributed by atoms with Crippen molar-refractivity contribution in [3.63, 3.8) is 0 Å². The number of amides is 2. The van der Waals surface area contributed by atoms with Crippen molar-refractivity contribution in [3.05, 3.63) is 90.4 Å². The highest BCUT2D eigenvalue weighted by molar-refractivity contribution is 6.47. The van der Waals surface area contributed by atoms with E-state index in [9.17, 15) is 14.4 Å². The third-order valence-corrected chi connectivity index (χ3v) is 5.04. The third-order valence-electron chi connectivity index (χ3n) is 5.04. The lowest BCUT2D eigenvalue weighted by molar-refractivity contribution is -0.114. The number of pyridine rings is 1. The molecule has 9 nitrogen and oxygen atoms in total. The molecule has 0 radical (unpaired) electrons. The van der Waals surface area contributed by atoms with Crippen LogP contribution >= 0.6 is 0 Å². The normalized spacial score (nSPS) is 10.3. The van der Waals surface area contributed by atoms with Crippen LogP contribution in [0, 0.1) is 6.92 Å². The monoisotopic (exact) mass is 466 g/mol. The van der Waals surface area contributed by atoms with Crippen LogP contribution in [-0.4, -0.2) is 32.5 Å². The highest BCUT2D eigenvalue weighted by Gasteiger charge is 2.20. The van der Waals surface area contributed by atoms with Gasteiger partial charge in [-0.25, -0.2) is 9.97 Å². The fourth-order valence-corrected chi connectivity index (χ4v) is 3.34. The maximum absolute atomic E-state index is 12.8. The predicted molar refractivity (Wildman–Crippen MR) is 133 cm³/mol. The van der Waals surface area contributed by atoms with Crippen LogP contribution in [0.4, 0.5) is 23.0 Å². The van der Waals surface area contributed by atoms with Crippen LogP contribution in [0.15, 0.2) is 79.3 Å². The lowest BCUT2D eigenvalue weighted by Gasteiger charge is -2.12. The van der Waals surface area contributed by atoms with Gasteiger partial charge in [0.15, 0.2) is 0 Å². The van der Waals surface area contributed by atoms with Gasteiger partial charge in [0.1, 0.15) is 0 Å². The SMILES string of the molecule is CC(=O)Nc1ccccc1C(=O)C(=O)Nc1ccc(C)c(Nc2nccc(-c3cccnc3)n2)c1. The average molecular weight is 467 g/mol. The molecule has 4 rings (SSSR count). The second-order valence-corrected chi connectivity index (χ2v) is 7.67. The molecular formula is C26H22N6O3. The lowest BCUT2D eigenvalue weighted by Crippen LogP contribution is -2.24. The molecule has 2 aromatic heterocycles. The zero-order valence-electron chi connectivity index (χ0n) is 19.1. The van der Waals surface area contributed by atoms with Crippen molar-refractivity contribution in [2.24, 2.45) is 0 Å². The minimum atomic E-state index is -0.826.